The number of hydrogen-bond acceptors (Lipinski definition) is 4. The minimum absolute atomic E-state index is 0.0191. The zero-order valence-corrected chi connectivity index (χ0v) is 10.4. The average Bonchev–Trinajstić information content (AvgIpc) is 2.26. The summed E-state index contributed by atoms with van der Waals surface area (Å²) in [4.78, 5) is 10.3. The maximum atomic E-state index is 13.1. The lowest BCUT2D eigenvalue weighted by molar-refractivity contribution is -0.385. The van der Waals surface area contributed by atoms with Gasteiger partial charge in [0.2, 0.25) is 0 Å². The number of hydrogen-bond donors (Lipinski definition) is 2. The second-order valence-corrected chi connectivity index (χ2v) is 4.74. The standard InChI is InChI=1S/C12H17FN2O3/c1-12(2,5-6-16)14-8-9-7-10(13)3-4-11(9)15(17)18/h3-4,7,14,16H,5-6,8H2,1-2H3. The molecule has 0 heterocycles. The number of nitro benzene ring substituents is 1. The first-order chi connectivity index (χ1) is 8.35. The lowest BCUT2D eigenvalue weighted by Gasteiger charge is -2.25. The first kappa shape index (κ1) is 14.5. The van der Waals surface area contributed by atoms with Crippen molar-refractivity contribution in [3.63, 3.8) is 0 Å². The molecule has 0 fully saturated rings. The lowest BCUT2D eigenvalue weighted by Crippen LogP contribution is -2.39. The van der Waals surface area contributed by atoms with Crippen molar-refractivity contribution < 1.29 is 14.4 Å². The molecule has 2 N–H and O–H groups in total. The van der Waals surface area contributed by atoms with Crippen molar-refractivity contribution in [1.82, 2.24) is 5.32 Å². The number of halogens is 1. The van der Waals surface area contributed by atoms with Gasteiger partial charge in [0.15, 0.2) is 0 Å². The Morgan fingerprint density at radius 1 is 1.50 bits per heavy atom. The fourth-order valence-electron chi connectivity index (χ4n) is 1.58. The minimum Gasteiger partial charge on any atom is -0.396 e. The molecule has 0 atom stereocenters. The summed E-state index contributed by atoms with van der Waals surface area (Å²) in [6.07, 6.45) is 0.510. The van der Waals surface area contributed by atoms with Gasteiger partial charge in [-0.1, -0.05) is 0 Å². The molecule has 0 saturated heterocycles. The smallest absolute Gasteiger partial charge is 0.274 e. The Balaban J connectivity index is 2.83. The van der Waals surface area contributed by atoms with E-state index in [1.165, 1.54) is 0 Å². The Bertz CT molecular complexity index is 435. The van der Waals surface area contributed by atoms with Crippen molar-refractivity contribution in [2.45, 2.75) is 32.4 Å². The molecule has 100 valence electrons. The minimum atomic E-state index is -0.532. The normalized spacial score (nSPS) is 11.6. The second kappa shape index (κ2) is 5.88. The predicted octanol–water partition coefficient (Wildman–Crippen LogP) is 1.98. The molecule has 0 spiro atoms. The third-order valence-corrected chi connectivity index (χ3v) is 2.73. The molecule has 1 aromatic carbocycles. The van der Waals surface area contributed by atoms with Gasteiger partial charge < -0.3 is 10.4 Å². The van der Waals surface area contributed by atoms with Gasteiger partial charge >= 0.3 is 0 Å². The highest BCUT2D eigenvalue weighted by molar-refractivity contribution is 5.40. The fourth-order valence-corrected chi connectivity index (χ4v) is 1.58. The van der Waals surface area contributed by atoms with E-state index in [2.05, 4.69) is 5.32 Å². The van der Waals surface area contributed by atoms with Crippen molar-refractivity contribution in [2.24, 2.45) is 0 Å². The van der Waals surface area contributed by atoms with E-state index in [0.29, 0.717) is 12.0 Å². The van der Waals surface area contributed by atoms with Crippen LogP contribution in [0.5, 0.6) is 0 Å². The van der Waals surface area contributed by atoms with Crippen LogP contribution in [0.15, 0.2) is 18.2 Å². The van der Waals surface area contributed by atoms with Crippen LogP contribution in [0.4, 0.5) is 10.1 Å². The maximum Gasteiger partial charge on any atom is 0.274 e. The number of benzene rings is 1. The van der Waals surface area contributed by atoms with Gasteiger partial charge in [0, 0.05) is 30.3 Å². The van der Waals surface area contributed by atoms with Crippen LogP contribution in [0.2, 0.25) is 0 Å². The molecule has 0 radical (unpaired) electrons. The van der Waals surface area contributed by atoms with Crippen LogP contribution in [0.25, 0.3) is 0 Å². The molecule has 0 aliphatic rings. The molecule has 0 unspecified atom stereocenters. The Kier molecular flexibility index (Phi) is 4.75. The SMILES string of the molecule is CC(C)(CCO)NCc1cc(F)ccc1[N+](=O)[O-]. The molecule has 1 rings (SSSR count). The van der Waals surface area contributed by atoms with Gasteiger partial charge in [-0.15, -0.1) is 0 Å². The summed E-state index contributed by atoms with van der Waals surface area (Å²) >= 11 is 0. The molecule has 0 saturated carbocycles. The summed E-state index contributed by atoms with van der Waals surface area (Å²) in [6, 6.07) is 3.38. The fraction of sp³-hybridized carbons (Fsp3) is 0.500. The monoisotopic (exact) mass is 256 g/mol. The maximum absolute atomic E-state index is 13.1. The van der Waals surface area contributed by atoms with E-state index in [9.17, 15) is 14.5 Å². The van der Waals surface area contributed by atoms with Crippen molar-refractivity contribution in [3.05, 3.63) is 39.7 Å². The summed E-state index contributed by atoms with van der Waals surface area (Å²) in [5.41, 5.74) is -0.177. The van der Waals surface area contributed by atoms with E-state index in [0.717, 1.165) is 18.2 Å². The third kappa shape index (κ3) is 4.05. The molecule has 18 heavy (non-hydrogen) atoms. The Morgan fingerprint density at radius 3 is 2.72 bits per heavy atom. The van der Waals surface area contributed by atoms with Crippen LogP contribution in [0.1, 0.15) is 25.8 Å². The van der Waals surface area contributed by atoms with Gasteiger partial charge in [-0.3, -0.25) is 10.1 Å². The van der Waals surface area contributed by atoms with Gasteiger partial charge in [-0.05, 0) is 32.4 Å². The number of nitrogens with one attached hydrogen (secondary N) is 1. The van der Waals surface area contributed by atoms with Crippen molar-refractivity contribution in [1.29, 1.82) is 0 Å². The van der Waals surface area contributed by atoms with E-state index < -0.39 is 10.7 Å². The summed E-state index contributed by atoms with van der Waals surface area (Å²) in [7, 11) is 0. The first-order valence-corrected chi connectivity index (χ1v) is 5.64. The van der Waals surface area contributed by atoms with Crippen LogP contribution in [-0.4, -0.2) is 22.2 Å². The highest BCUT2D eigenvalue weighted by atomic mass is 19.1. The number of nitro groups is 1. The highest BCUT2D eigenvalue weighted by Crippen LogP contribution is 2.20. The van der Waals surface area contributed by atoms with Crippen LogP contribution < -0.4 is 5.32 Å². The third-order valence-electron chi connectivity index (χ3n) is 2.73. The van der Waals surface area contributed by atoms with E-state index in [1.54, 1.807) is 0 Å². The zero-order valence-electron chi connectivity index (χ0n) is 10.4. The molecule has 0 aliphatic heterocycles. The Hall–Kier alpha value is -1.53. The van der Waals surface area contributed by atoms with Gasteiger partial charge in [-0.25, -0.2) is 4.39 Å². The van der Waals surface area contributed by atoms with Gasteiger partial charge in [0.05, 0.1) is 4.92 Å². The summed E-state index contributed by atoms with van der Waals surface area (Å²) < 4.78 is 13.1. The Morgan fingerprint density at radius 2 is 2.17 bits per heavy atom. The molecule has 0 aromatic heterocycles. The van der Waals surface area contributed by atoms with Gasteiger partial charge in [0.25, 0.3) is 5.69 Å². The molecule has 0 bridgehead atoms. The number of aliphatic hydroxyl groups is 1. The predicted molar refractivity (Wildman–Crippen MR) is 65.7 cm³/mol. The molecular weight excluding hydrogens is 239 g/mol. The van der Waals surface area contributed by atoms with Crippen LogP contribution in [0.3, 0.4) is 0 Å². The summed E-state index contributed by atoms with van der Waals surface area (Å²) in [5, 5.41) is 22.7. The average molecular weight is 256 g/mol. The topological polar surface area (TPSA) is 75.4 Å². The molecule has 0 aliphatic carbocycles. The van der Waals surface area contributed by atoms with E-state index in [4.69, 9.17) is 5.11 Å². The second-order valence-electron chi connectivity index (χ2n) is 4.74. The van der Waals surface area contributed by atoms with Crippen molar-refractivity contribution in [2.75, 3.05) is 6.61 Å². The molecule has 6 heteroatoms. The number of rotatable bonds is 6. The number of aliphatic hydroxyl groups excluding tert-OH is 1. The van der Waals surface area contributed by atoms with E-state index >= 15 is 0 Å². The van der Waals surface area contributed by atoms with Gasteiger partial charge in [-0.2, -0.15) is 0 Å². The van der Waals surface area contributed by atoms with E-state index in [-0.39, 0.29) is 24.4 Å². The van der Waals surface area contributed by atoms with Crippen molar-refractivity contribution in [3.8, 4) is 0 Å². The van der Waals surface area contributed by atoms with Crippen molar-refractivity contribution >= 4 is 5.69 Å². The largest absolute Gasteiger partial charge is 0.396 e. The summed E-state index contributed by atoms with van der Waals surface area (Å²) in [5.74, 6) is -0.502. The highest BCUT2D eigenvalue weighted by Gasteiger charge is 2.19. The zero-order chi connectivity index (χ0) is 13.8. The van der Waals surface area contributed by atoms with E-state index in [1.807, 2.05) is 13.8 Å². The summed E-state index contributed by atoms with van der Waals surface area (Å²) in [6.45, 7) is 3.94. The van der Waals surface area contributed by atoms with Crippen LogP contribution in [0, 0.1) is 15.9 Å². The Labute approximate surface area is 105 Å². The number of nitrogens with zero attached hydrogens (tertiary/aromatic N) is 1. The molecule has 5 nitrogen and oxygen atoms in total. The first-order valence-electron chi connectivity index (χ1n) is 5.64. The molecule has 0 amide bonds. The van der Waals surface area contributed by atoms with Crippen LogP contribution >= 0.6 is 0 Å². The lowest BCUT2D eigenvalue weighted by atomic mass is 10.0. The molecular formula is C12H17FN2O3. The van der Waals surface area contributed by atoms with Gasteiger partial charge in [0.1, 0.15) is 5.82 Å². The molecule has 1 aromatic rings. The quantitative estimate of drug-likeness (QED) is 0.603. The van der Waals surface area contributed by atoms with Crippen LogP contribution in [-0.2, 0) is 6.54 Å².